The molecule has 0 aromatic heterocycles. The van der Waals surface area contributed by atoms with Gasteiger partial charge in [-0.05, 0) is 23.6 Å². The highest BCUT2D eigenvalue weighted by molar-refractivity contribution is 5.93. The van der Waals surface area contributed by atoms with Gasteiger partial charge in [-0.25, -0.2) is 0 Å². The molecule has 1 fully saturated rings. The van der Waals surface area contributed by atoms with Crippen LogP contribution in [-0.2, 0) is 4.79 Å². The number of methoxy groups -OCH3 is 1. The van der Waals surface area contributed by atoms with E-state index in [1.807, 2.05) is 36.4 Å². The third-order valence-electron chi connectivity index (χ3n) is 5.06. The van der Waals surface area contributed by atoms with Crippen LogP contribution in [0.4, 0.5) is 5.69 Å². The summed E-state index contributed by atoms with van der Waals surface area (Å²) in [5.74, 6) is 1.24. The summed E-state index contributed by atoms with van der Waals surface area (Å²) in [5, 5.41) is 6.54. The van der Waals surface area contributed by atoms with Crippen LogP contribution in [0.3, 0.4) is 0 Å². The van der Waals surface area contributed by atoms with Gasteiger partial charge in [0.05, 0.1) is 19.7 Å². The number of amides is 1. The van der Waals surface area contributed by atoms with E-state index in [2.05, 4.69) is 41.5 Å². The molecule has 2 aromatic carbocycles. The molecule has 144 valence electrons. The molecule has 3 rings (SSSR count). The van der Waals surface area contributed by atoms with E-state index >= 15 is 0 Å². The minimum Gasteiger partial charge on any atom is -0.496 e. The summed E-state index contributed by atoms with van der Waals surface area (Å²) in [5.41, 5.74) is 3.18. The quantitative estimate of drug-likeness (QED) is 0.822. The molecule has 0 bridgehead atoms. The van der Waals surface area contributed by atoms with Crippen LogP contribution < -0.4 is 15.4 Å². The first-order valence-electron chi connectivity index (χ1n) is 9.56. The van der Waals surface area contributed by atoms with Gasteiger partial charge in [-0.15, -0.1) is 0 Å². The standard InChI is InChI=1S/C22H29N3O2/c1-16(2)17-8-4-6-10-19(17)24-22(26)15-25-13-12-23-14-20(25)18-9-5-7-11-21(18)27-3/h4-11,16,20,23H,12-15H2,1-3H3,(H,24,26). The molecular formula is C22H29N3O2. The first-order chi connectivity index (χ1) is 13.1. The molecule has 1 unspecified atom stereocenters. The van der Waals surface area contributed by atoms with Gasteiger partial charge in [0.2, 0.25) is 5.91 Å². The molecule has 5 nitrogen and oxygen atoms in total. The Labute approximate surface area is 161 Å². The van der Waals surface area contributed by atoms with Gasteiger partial charge in [-0.1, -0.05) is 50.2 Å². The molecular weight excluding hydrogens is 338 g/mol. The highest BCUT2D eigenvalue weighted by Crippen LogP contribution is 2.30. The third-order valence-corrected chi connectivity index (χ3v) is 5.06. The van der Waals surface area contributed by atoms with Crippen LogP contribution in [0.15, 0.2) is 48.5 Å². The summed E-state index contributed by atoms with van der Waals surface area (Å²) in [6.07, 6.45) is 0. The topological polar surface area (TPSA) is 53.6 Å². The lowest BCUT2D eigenvalue weighted by atomic mass is 10.0. The van der Waals surface area contributed by atoms with E-state index in [0.29, 0.717) is 12.5 Å². The molecule has 5 heteroatoms. The number of piperazine rings is 1. The Bertz CT molecular complexity index is 776. The van der Waals surface area contributed by atoms with Gasteiger partial charge in [0.1, 0.15) is 5.75 Å². The highest BCUT2D eigenvalue weighted by Gasteiger charge is 2.27. The van der Waals surface area contributed by atoms with Crippen LogP contribution in [0.1, 0.15) is 36.9 Å². The molecule has 1 saturated heterocycles. The van der Waals surface area contributed by atoms with Crippen molar-refractivity contribution < 1.29 is 9.53 Å². The fourth-order valence-electron chi connectivity index (χ4n) is 3.67. The van der Waals surface area contributed by atoms with Crippen molar-refractivity contribution >= 4 is 11.6 Å². The molecule has 27 heavy (non-hydrogen) atoms. The van der Waals surface area contributed by atoms with Crippen molar-refractivity contribution in [2.45, 2.75) is 25.8 Å². The van der Waals surface area contributed by atoms with Crippen LogP contribution in [0.25, 0.3) is 0 Å². The number of hydrogen-bond acceptors (Lipinski definition) is 4. The lowest BCUT2D eigenvalue weighted by Gasteiger charge is -2.36. The summed E-state index contributed by atoms with van der Waals surface area (Å²) in [6, 6.07) is 16.2. The van der Waals surface area contributed by atoms with Crippen molar-refractivity contribution in [3.8, 4) is 5.75 Å². The normalized spacial score (nSPS) is 17.7. The average Bonchev–Trinajstić information content (AvgIpc) is 2.68. The Morgan fingerprint density at radius 3 is 2.74 bits per heavy atom. The monoisotopic (exact) mass is 367 g/mol. The van der Waals surface area contributed by atoms with E-state index in [9.17, 15) is 4.79 Å². The number of nitrogens with one attached hydrogen (secondary N) is 2. The molecule has 2 aromatic rings. The minimum atomic E-state index is 0.0184. The highest BCUT2D eigenvalue weighted by atomic mass is 16.5. The second kappa shape index (κ2) is 9.02. The first kappa shape index (κ1) is 19.4. The van der Waals surface area contributed by atoms with Crippen molar-refractivity contribution in [2.75, 3.05) is 38.6 Å². The van der Waals surface area contributed by atoms with Gasteiger partial charge in [-0.3, -0.25) is 9.69 Å². The lowest BCUT2D eigenvalue weighted by molar-refractivity contribution is -0.118. The van der Waals surface area contributed by atoms with Gasteiger partial charge in [0.15, 0.2) is 0 Å². The molecule has 1 aliphatic heterocycles. The zero-order valence-corrected chi connectivity index (χ0v) is 16.4. The van der Waals surface area contributed by atoms with Crippen LogP contribution in [-0.4, -0.2) is 44.1 Å². The summed E-state index contributed by atoms with van der Waals surface area (Å²) in [7, 11) is 1.69. The molecule has 1 aliphatic rings. The number of nitrogens with zero attached hydrogens (tertiary/aromatic N) is 1. The number of ether oxygens (including phenoxy) is 1. The summed E-state index contributed by atoms with van der Waals surface area (Å²) < 4.78 is 5.53. The van der Waals surface area contributed by atoms with Crippen molar-refractivity contribution in [3.63, 3.8) is 0 Å². The Kier molecular flexibility index (Phi) is 6.48. The summed E-state index contributed by atoms with van der Waals surface area (Å²) in [4.78, 5) is 15.0. The number of carbonyl (C=O) groups excluding carboxylic acids is 1. The predicted molar refractivity (Wildman–Crippen MR) is 109 cm³/mol. The smallest absolute Gasteiger partial charge is 0.238 e. The van der Waals surface area contributed by atoms with E-state index < -0.39 is 0 Å². The minimum absolute atomic E-state index is 0.0184. The number of carbonyl (C=O) groups is 1. The molecule has 1 heterocycles. The zero-order valence-electron chi connectivity index (χ0n) is 16.4. The molecule has 0 spiro atoms. The van der Waals surface area contributed by atoms with Gasteiger partial charge in [-0.2, -0.15) is 0 Å². The van der Waals surface area contributed by atoms with Crippen LogP contribution in [0.2, 0.25) is 0 Å². The van der Waals surface area contributed by atoms with Crippen molar-refractivity contribution in [3.05, 3.63) is 59.7 Å². The Hall–Kier alpha value is -2.37. The van der Waals surface area contributed by atoms with Crippen molar-refractivity contribution in [1.82, 2.24) is 10.2 Å². The fraction of sp³-hybridized carbons (Fsp3) is 0.409. The first-order valence-corrected chi connectivity index (χ1v) is 9.56. The fourth-order valence-corrected chi connectivity index (χ4v) is 3.67. The molecule has 1 atom stereocenters. The predicted octanol–water partition coefficient (Wildman–Crippen LogP) is 3.40. The number of rotatable bonds is 6. The van der Waals surface area contributed by atoms with Gasteiger partial charge >= 0.3 is 0 Å². The van der Waals surface area contributed by atoms with Crippen molar-refractivity contribution in [2.24, 2.45) is 0 Å². The Morgan fingerprint density at radius 2 is 1.96 bits per heavy atom. The maximum absolute atomic E-state index is 12.8. The largest absolute Gasteiger partial charge is 0.496 e. The molecule has 2 N–H and O–H groups in total. The lowest BCUT2D eigenvalue weighted by Crippen LogP contribution is -2.48. The SMILES string of the molecule is COc1ccccc1C1CNCCN1CC(=O)Nc1ccccc1C(C)C. The molecule has 0 radical (unpaired) electrons. The Balaban J connectivity index is 1.74. The second-order valence-corrected chi connectivity index (χ2v) is 7.22. The molecule has 0 saturated carbocycles. The van der Waals surface area contributed by atoms with E-state index in [-0.39, 0.29) is 11.9 Å². The number of para-hydroxylation sites is 2. The molecule has 0 aliphatic carbocycles. The summed E-state index contributed by atoms with van der Waals surface area (Å²) in [6.45, 7) is 7.13. The van der Waals surface area contributed by atoms with Crippen LogP contribution >= 0.6 is 0 Å². The second-order valence-electron chi connectivity index (χ2n) is 7.22. The van der Waals surface area contributed by atoms with E-state index in [0.717, 1.165) is 42.2 Å². The third kappa shape index (κ3) is 4.67. The van der Waals surface area contributed by atoms with Gasteiger partial charge in [0, 0.05) is 30.9 Å². The number of hydrogen-bond donors (Lipinski definition) is 2. The molecule has 1 amide bonds. The summed E-state index contributed by atoms with van der Waals surface area (Å²) >= 11 is 0. The van der Waals surface area contributed by atoms with Crippen LogP contribution in [0, 0.1) is 0 Å². The maximum atomic E-state index is 12.8. The number of benzene rings is 2. The van der Waals surface area contributed by atoms with E-state index in [1.54, 1.807) is 7.11 Å². The number of anilines is 1. The van der Waals surface area contributed by atoms with Gasteiger partial charge in [0.25, 0.3) is 0 Å². The zero-order chi connectivity index (χ0) is 19.2. The van der Waals surface area contributed by atoms with E-state index in [1.165, 1.54) is 0 Å². The van der Waals surface area contributed by atoms with Crippen molar-refractivity contribution in [1.29, 1.82) is 0 Å². The Morgan fingerprint density at radius 1 is 1.22 bits per heavy atom. The maximum Gasteiger partial charge on any atom is 0.238 e. The average molecular weight is 367 g/mol. The van der Waals surface area contributed by atoms with Crippen LogP contribution in [0.5, 0.6) is 5.75 Å². The van der Waals surface area contributed by atoms with Gasteiger partial charge < -0.3 is 15.4 Å². The van der Waals surface area contributed by atoms with E-state index in [4.69, 9.17) is 4.74 Å².